The van der Waals surface area contributed by atoms with Gasteiger partial charge in [0.15, 0.2) is 0 Å². The third kappa shape index (κ3) is 6.68. The largest absolute Gasteiger partial charge is 0.464 e. The van der Waals surface area contributed by atoms with E-state index >= 15 is 0 Å². The van der Waals surface area contributed by atoms with Crippen molar-refractivity contribution in [3.63, 3.8) is 0 Å². The molecule has 12 heteroatoms. The number of esters is 4. The van der Waals surface area contributed by atoms with Crippen molar-refractivity contribution in [2.24, 2.45) is 0 Å². The van der Waals surface area contributed by atoms with Crippen molar-refractivity contribution in [3.8, 4) is 0 Å². The van der Waals surface area contributed by atoms with Crippen LogP contribution in [0.4, 0.5) is 0 Å². The molecule has 2 aliphatic heterocycles. The van der Waals surface area contributed by atoms with E-state index in [9.17, 15) is 28.8 Å². The number of hydrogen-bond donors (Lipinski definition) is 0. The van der Waals surface area contributed by atoms with Crippen molar-refractivity contribution < 1.29 is 47.7 Å². The number of amides is 2. The van der Waals surface area contributed by atoms with Gasteiger partial charge in [0.2, 0.25) is 11.8 Å². The molecule has 0 aromatic rings. The van der Waals surface area contributed by atoms with E-state index in [1.807, 2.05) is 39.8 Å². The van der Waals surface area contributed by atoms with Gasteiger partial charge in [0, 0.05) is 24.9 Å². The third-order valence-corrected chi connectivity index (χ3v) is 7.72. The van der Waals surface area contributed by atoms with E-state index < -0.39 is 58.9 Å². The number of hydrogen-bond acceptors (Lipinski definition) is 10. The number of β-lactam (4-membered cyclic amide) rings is 2. The molecule has 2 amide bonds. The summed E-state index contributed by atoms with van der Waals surface area (Å²) < 4.78 is 21.7. The van der Waals surface area contributed by atoms with Crippen molar-refractivity contribution in [1.82, 2.24) is 9.80 Å². The Bertz CT molecular complexity index is 1040. The highest BCUT2D eigenvalue weighted by Gasteiger charge is 2.83. The van der Waals surface area contributed by atoms with Crippen LogP contribution in [0.3, 0.4) is 0 Å². The maximum Gasteiger partial charge on any atom is 0.347 e. The number of carbonyl (C=O) groups is 6. The molecular weight excluding hydrogens is 572 g/mol. The van der Waals surface area contributed by atoms with E-state index in [1.165, 1.54) is 27.7 Å². The minimum absolute atomic E-state index is 0.0726. The third-order valence-electron chi connectivity index (χ3n) is 7.72. The van der Waals surface area contributed by atoms with Crippen LogP contribution in [-0.2, 0) is 47.7 Å². The van der Waals surface area contributed by atoms with Crippen LogP contribution in [0, 0.1) is 0 Å². The molecule has 12 nitrogen and oxygen atoms in total. The lowest BCUT2D eigenvalue weighted by molar-refractivity contribution is -0.226. The smallest absolute Gasteiger partial charge is 0.347 e. The molecule has 2 saturated heterocycles. The van der Waals surface area contributed by atoms with Gasteiger partial charge < -0.3 is 28.7 Å². The summed E-state index contributed by atoms with van der Waals surface area (Å²) in [5, 5.41) is 0. The Labute approximate surface area is 260 Å². The molecule has 44 heavy (non-hydrogen) atoms. The average Bonchev–Trinajstić information content (AvgIpc) is 2.93. The standard InChI is InChI=1S/C32H48N2O10/c1-9-41-27(37)31(28(38)42-10-2,33-23(19-25(33)35)17-13-15-21(5)6)32(29(39)43-11-3,30(40)44-12-4)34-24(20-26(34)36)18-14-16-22(7)8/h15-16,23-24H,9-14,17-20H2,1-8H3/t23-,24+. The maximum atomic E-state index is 14.4. The molecule has 2 aliphatic rings. The first-order valence-electron chi connectivity index (χ1n) is 15.4. The Morgan fingerprint density at radius 3 is 1.09 bits per heavy atom. The molecule has 2 atom stereocenters. The summed E-state index contributed by atoms with van der Waals surface area (Å²) in [6, 6.07) is -1.56. The SMILES string of the molecule is CCOC(=O)C(C(=O)OCC)(N1C(=O)C[C@H]1CCC=C(C)C)C(C(=O)OCC)(C(=O)OCC)N1C(=O)C[C@@H]1CCC=C(C)C. The van der Waals surface area contributed by atoms with Gasteiger partial charge >= 0.3 is 23.9 Å². The lowest BCUT2D eigenvalue weighted by atomic mass is 9.67. The van der Waals surface area contributed by atoms with Gasteiger partial charge in [-0.25, -0.2) is 19.2 Å². The lowest BCUT2D eigenvalue weighted by Gasteiger charge is -2.60. The van der Waals surface area contributed by atoms with E-state index in [0.717, 1.165) is 20.9 Å². The van der Waals surface area contributed by atoms with Gasteiger partial charge in [0.25, 0.3) is 11.1 Å². The Kier molecular flexibility index (Phi) is 13.1. The fraction of sp³-hybridized carbons (Fsp3) is 0.688. The van der Waals surface area contributed by atoms with Gasteiger partial charge in [-0.05, 0) is 81.1 Å². The number of rotatable bonds is 17. The second-order valence-electron chi connectivity index (χ2n) is 11.3. The van der Waals surface area contributed by atoms with Gasteiger partial charge in [-0.2, -0.15) is 0 Å². The molecule has 2 fully saturated rings. The molecule has 0 bridgehead atoms. The molecule has 0 aromatic heterocycles. The number of allylic oxidation sites excluding steroid dienone is 4. The van der Waals surface area contributed by atoms with Crippen LogP contribution in [0.5, 0.6) is 0 Å². The normalized spacial score (nSPS) is 18.0. The quantitative estimate of drug-likeness (QED) is 0.0779. The first-order valence-corrected chi connectivity index (χ1v) is 15.4. The van der Waals surface area contributed by atoms with Crippen LogP contribution in [0.2, 0.25) is 0 Å². The first-order chi connectivity index (χ1) is 20.8. The van der Waals surface area contributed by atoms with Gasteiger partial charge in [-0.3, -0.25) is 9.59 Å². The summed E-state index contributed by atoms with van der Waals surface area (Å²) in [5.74, 6) is -6.93. The zero-order valence-corrected chi connectivity index (χ0v) is 27.4. The topological polar surface area (TPSA) is 146 Å². The van der Waals surface area contributed by atoms with E-state index in [4.69, 9.17) is 18.9 Å². The second kappa shape index (κ2) is 15.9. The van der Waals surface area contributed by atoms with Crippen LogP contribution in [0.1, 0.15) is 93.9 Å². The molecule has 2 rings (SSSR count). The zero-order valence-electron chi connectivity index (χ0n) is 27.4. The maximum absolute atomic E-state index is 14.4. The van der Waals surface area contributed by atoms with Crippen molar-refractivity contribution in [1.29, 1.82) is 0 Å². The van der Waals surface area contributed by atoms with Crippen molar-refractivity contribution in [3.05, 3.63) is 23.3 Å². The van der Waals surface area contributed by atoms with Gasteiger partial charge in [0.1, 0.15) is 0 Å². The average molecular weight is 621 g/mol. The number of carbonyl (C=O) groups excluding carboxylic acids is 6. The van der Waals surface area contributed by atoms with Gasteiger partial charge in [0.05, 0.1) is 26.4 Å². The molecule has 0 unspecified atom stereocenters. The summed E-state index contributed by atoms with van der Waals surface area (Å²) in [7, 11) is 0. The van der Waals surface area contributed by atoms with E-state index in [-0.39, 0.29) is 52.1 Å². The predicted molar refractivity (Wildman–Crippen MR) is 160 cm³/mol. The molecule has 246 valence electrons. The van der Waals surface area contributed by atoms with Crippen LogP contribution in [-0.4, -0.2) is 95.1 Å². The number of likely N-dealkylation sites (tertiary alicyclic amines) is 2. The molecular formula is C32H48N2O10. The Morgan fingerprint density at radius 1 is 0.614 bits per heavy atom. The molecule has 0 radical (unpaired) electrons. The Balaban J connectivity index is 3.08. The van der Waals surface area contributed by atoms with Gasteiger partial charge in [-0.1, -0.05) is 23.3 Å². The molecule has 0 aromatic carbocycles. The minimum Gasteiger partial charge on any atom is -0.464 e. The van der Waals surface area contributed by atoms with Crippen molar-refractivity contribution in [2.75, 3.05) is 26.4 Å². The highest BCUT2D eigenvalue weighted by molar-refractivity contribution is 6.25. The molecule has 0 N–H and O–H groups in total. The fourth-order valence-electron chi connectivity index (χ4n) is 5.92. The van der Waals surface area contributed by atoms with E-state index in [2.05, 4.69) is 0 Å². The van der Waals surface area contributed by atoms with E-state index in [1.54, 1.807) is 0 Å². The van der Waals surface area contributed by atoms with Gasteiger partial charge in [-0.15, -0.1) is 0 Å². The van der Waals surface area contributed by atoms with Crippen LogP contribution in [0.25, 0.3) is 0 Å². The Hall–Kier alpha value is -3.70. The summed E-state index contributed by atoms with van der Waals surface area (Å²) in [4.78, 5) is 86.8. The van der Waals surface area contributed by atoms with Crippen LogP contribution >= 0.6 is 0 Å². The first kappa shape index (κ1) is 36.5. The summed E-state index contributed by atoms with van der Waals surface area (Å²) in [6.07, 6.45) is 5.23. The van der Waals surface area contributed by atoms with Crippen LogP contribution in [0.15, 0.2) is 23.3 Å². The molecule has 0 aliphatic carbocycles. The van der Waals surface area contributed by atoms with E-state index in [0.29, 0.717) is 12.8 Å². The fourth-order valence-corrected chi connectivity index (χ4v) is 5.92. The monoisotopic (exact) mass is 620 g/mol. The van der Waals surface area contributed by atoms with Crippen molar-refractivity contribution >= 4 is 35.7 Å². The number of ether oxygens (including phenoxy) is 4. The predicted octanol–water partition coefficient (Wildman–Crippen LogP) is 3.41. The lowest BCUT2D eigenvalue weighted by Crippen LogP contribution is -2.90. The molecule has 0 spiro atoms. The second-order valence-corrected chi connectivity index (χ2v) is 11.3. The summed E-state index contributed by atoms with van der Waals surface area (Å²) in [5.41, 5.74) is -4.15. The summed E-state index contributed by atoms with van der Waals surface area (Å²) in [6.45, 7) is 12.4. The highest BCUT2D eigenvalue weighted by atomic mass is 16.6. The Morgan fingerprint density at radius 2 is 0.886 bits per heavy atom. The summed E-state index contributed by atoms with van der Waals surface area (Å²) >= 11 is 0. The highest BCUT2D eigenvalue weighted by Crippen LogP contribution is 2.49. The minimum atomic E-state index is -3.09. The zero-order chi connectivity index (χ0) is 33.2. The van der Waals surface area contributed by atoms with Crippen molar-refractivity contribution in [2.45, 2.75) is 117 Å². The molecule has 0 saturated carbocycles. The number of nitrogens with zero attached hydrogens (tertiary/aromatic N) is 2. The molecule has 2 heterocycles. The van der Waals surface area contributed by atoms with Crippen LogP contribution < -0.4 is 0 Å².